The average Bonchev–Trinajstić information content (AvgIpc) is 2.75. The van der Waals surface area contributed by atoms with Gasteiger partial charge in [-0.2, -0.15) is 0 Å². The molecule has 0 saturated carbocycles. The zero-order valence-corrected chi connectivity index (χ0v) is 20.0. The molecule has 2 aromatic carbocycles. The fraction of sp³-hybridized carbons (Fsp3) is 0.391. The first-order chi connectivity index (χ1) is 15.1. The van der Waals surface area contributed by atoms with E-state index in [0.717, 1.165) is 24.0 Å². The van der Waals surface area contributed by atoms with Crippen LogP contribution in [0.5, 0.6) is 0 Å². The monoisotopic (exact) mass is 473 g/mol. The van der Waals surface area contributed by atoms with E-state index in [1.807, 2.05) is 26.0 Å². The van der Waals surface area contributed by atoms with Crippen molar-refractivity contribution in [2.45, 2.75) is 48.7 Å². The molecule has 2 aliphatic heterocycles. The van der Waals surface area contributed by atoms with Gasteiger partial charge in [0.25, 0.3) is 10.0 Å². The van der Waals surface area contributed by atoms with E-state index in [0.29, 0.717) is 35.3 Å². The van der Waals surface area contributed by atoms with Crippen molar-refractivity contribution in [1.29, 1.82) is 0 Å². The summed E-state index contributed by atoms with van der Waals surface area (Å²) in [4.78, 5) is 28.1. The van der Waals surface area contributed by atoms with Crippen molar-refractivity contribution >= 4 is 45.0 Å². The molecule has 1 atom stereocenters. The first-order valence-electron chi connectivity index (χ1n) is 10.6. The van der Waals surface area contributed by atoms with Gasteiger partial charge in [-0.15, -0.1) is 11.8 Å². The minimum absolute atomic E-state index is 0.0481. The van der Waals surface area contributed by atoms with E-state index in [2.05, 4.69) is 17.0 Å². The Hall–Kier alpha value is -2.52. The second kappa shape index (κ2) is 8.78. The number of hydrogen-bond acceptors (Lipinski definition) is 5. The Morgan fingerprint density at radius 2 is 1.84 bits per heavy atom. The summed E-state index contributed by atoms with van der Waals surface area (Å²) in [6.07, 6.45) is 1.88. The molecule has 2 N–H and O–H groups in total. The van der Waals surface area contributed by atoms with Crippen molar-refractivity contribution in [3.63, 3.8) is 0 Å². The number of amides is 2. The highest BCUT2D eigenvalue weighted by Gasteiger charge is 2.37. The number of sulfonamides is 1. The molecule has 0 radical (unpaired) electrons. The number of carbonyl (C=O) groups excluding carboxylic acids is 2. The van der Waals surface area contributed by atoms with Crippen LogP contribution >= 0.6 is 11.8 Å². The first kappa shape index (κ1) is 22.7. The van der Waals surface area contributed by atoms with Gasteiger partial charge in [0.15, 0.2) is 5.25 Å². The predicted molar refractivity (Wildman–Crippen MR) is 126 cm³/mol. The number of likely N-dealkylation sites (tertiary alicyclic amines) is 1. The lowest BCUT2D eigenvalue weighted by Gasteiger charge is -2.33. The van der Waals surface area contributed by atoms with Crippen LogP contribution in [0.2, 0.25) is 0 Å². The van der Waals surface area contributed by atoms with Gasteiger partial charge in [0.2, 0.25) is 11.8 Å². The van der Waals surface area contributed by atoms with Crippen molar-refractivity contribution in [3.05, 3.63) is 47.5 Å². The van der Waals surface area contributed by atoms with Crippen LogP contribution in [0.3, 0.4) is 0 Å². The number of nitrogens with zero attached hydrogens (tertiary/aromatic N) is 1. The van der Waals surface area contributed by atoms with Crippen LogP contribution in [0.25, 0.3) is 0 Å². The highest BCUT2D eigenvalue weighted by atomic mass is 32.2. The summed E-state index contributed by atoms with van der Waals surface area (Å²) >= 11 is 1.18. The second-order valence-corrected chi connectivity index (χ2v) is 11.4. The Labute approximate surface area is 193 Å². The number of thioether (sulfide) groups is 1. The van der Waals surface area contributed by atoms with Crippen LogP contribution in [0, 0.1) is 19.8 Å². The normalized spacial score (nSPS) is 19.3. The minimum atomic E-state index is -3.84. The van der Waals surface area contributed by atoms with Gasteiger partial charge in [-0.25, -0.2) is 8.42 Å². The number of benzene rings is 2. The topological polar surface area (TPSA) is 95.6 Å². The molecule has 2 aromatic rings. The third kappa shape index (κ3) is 4.63. The molecule has 2 aliphatic rings. The van der Waals surface area contributed by atoms with Crippen LogP contribution in [0.1, 0.15) is 30.9 Å². The molecule has 0 aliphatic carbocycles. The standard InChI is InChI=1S/C23H27N3O4S2/c1-14-8-10-26(11-9-14)23(28)21-22(27)24-19-13-17(5-7-20(19)31-21)32(29,30)25-18-6-4-15(2)12-16(18)3/h4-7,12-14,21,25H,8-11H2,1-3H3,(H,24,27)/t21-/m0/s1. The SMILES string of the molecule is Cc1ccc(NS(=O)(=O)c2ccc3c(c2)NC(=O)[C@@H](C(=O)N2CCC(C)CC2)S3)c(C)c1. The molecule has 4 rings (SSSR count). The summed E-state index contributed by atoms with van der Waals surface area (Å²) < 4.78 is 28.5. The molecule has 0 bridgehead atoms. The van der Waals surface area contributed by atoms with Gasteiger partial charge in [0, 0.05) is 18.0 Å². The molecule has 9 heteroatoms. The van der Waals surface area contributed by atoms with Gasteiger partial charge in [0.05, 0.1) is 16.3 Å². The van der Waals surface area contributed by atoms with E-state index >= 15 is 0 Å². The van der Waals surface area contributed by atoms with Crippen molar-refractivity contribution in [1.82, 2.24) is 4.90 Å². The molecule has 32 heavy (non-hydrogen) atoms. The summed E-state index contributed by atoms with van der Waals surface area (Å²) in [5.74, 6) is -0.00782. The van der Waals surface area contributed by atoms with E-state index in [-0.39, 0.29) is 10.8 Å². The quantitative estimate of drug-likeness (QED) is 0.659. The van der Waals surface area contributed by atoms with E-state index < -0.39 is 21.2 Å². The maximum atomic E-state index is 12.9. The average molecular weight is 474 g/mol. The highest BCUT2D eigenvalue weighted by molar-refractivity contribution is 8.01. The predicted octanol–water partition coefficient (Wildman–Crippen LogP) is 3.78. The van der Waals surface area contributed by atoms with Crippen molar-refractivity contribution in [2.24, 2.45) is 5.92 Å². The zero-order chi connectivity index (χ0) is 23.0. The Morgan fingerprint density at radius 3 is 2.53 bits per heavy atom. The first-order valence-corrected chi connectivity index (χ1v) is 13.0. The molecule has 170 valence electrons. The van der Waals surface area contributed by atoms with Crippen molar-refractivity contribution in [2.75, 3.05) is 23.1 Å². The molecule has 7 nitrogen and oxygen atoms in total. The number of fused-ring (bicyclic) bond motifs is 1. The third-order valence-electron chi connectivity index (χ3n) is 5.95. The van der Waals surface area contributed by atoms with Crippen LogP contribution in [-0.4, -0.2) is 43.5 Å². The molecule has 1 saturated heterocycles. The van der Waals surface area contributed by atoms with Gasteiger partial charge in [-0.05, 0) is 62.4 Å². The smallest absolute Gasteiger partial charge is 0.261 e. The van der Waals surface area contributed by atoms with Crippen LogP contribution < -0.4 is 10.0 Å². The number of carbonyl (C=O) groups is 2. The number of aryl methyl sites for hydroxylation is 2. The number of rotatable bonds is 4. The van der Waals surface area contributed by atoms with E-state index in [1.165, 1.54) is 23.9 Å². The van der Waals surface area contributed by atoms with Gasteiger partial charge in [0.1, 0.15) is 0 Å². The lowest BCUT2D eigenvalue weighted by atomic mass is 9.99. The van der Waals surface area contributed by atoms with Gasteiger partial charge >= 0.3 is 0 Å². The summed E-state index contributed by atoms with van der Waals surface area (Å²) in [6, 6.07) is 10.1. The van der Waals surface area contributed by atoms with E-state index in [1.54, 1.807) is 17.0 Å². The third-order valence-corrected chi connectivity index (χ3v) is 8.57. The molecule has 0 aromatic heterocycles. The molecular weight excluding hydrogens is 446 g/mol. The molecule has 1 fully saturated rings. The fourth-order valence-corrected chi connectivity index (χ4v) is 6.15. The molecule has 0 spiro atoms. The molecule has 0 unspecified atom stereocenters. The Morgan fingerprint density at radius 1 is 1.12 bits per heavy atom. The Balaban J connectivity index is 1.52. The minimum Gasteiger partial charge on any atom is -0.341 e. The maximum absolute atomic E-state index is 12.9. The van der Waals surface area contributed by atoms with Crippen LogP contribution in [-0.2, 0) is 19.6 Å². The highest BCUT2D eigenvalue weighted by Crippen LogP contribution is 2.38. The number of nitrogens with one attached hydrogen (secondary N) is 2. The van der Waals surface area contributed by atoms with E-state index in [9.17, 15) is 18.0 Å². The van der Waals surface area contributed by atoms with Crippen molar-refractivity contribution < 1.29 is 18.0 Å². The van der Waals surface area contributed by atoms with E-state index in [4.69, 9.17) is 0 Å². The molecule has 2 heterocycles. The van der Waals surface area contributed by atoms with Crippen molar-refractivity contribution in [3.8, 4) is 0 Å². The number of anilines is 2. The van der Waals surface area contributed by atoms with Gasteiger partial charge < -0.3 is 10.2 Å². The zero-order valence-electron chi connectivity index (χ0n) is 18.3. The Kier molecular flexibility index (Phi) is 6.22. The van der Waals surface area contributed by atoms with Crippen LogP contribution in [0.15, 0.2) is 46.2 Å². The Bertz CT molecular complexity index is 1170. The largest absolute Gasteiger partial charge is 0.341 e. The summed E-state index contributed by atoms with van der Waals surface area (Å²) in [5, 5.41) is 1.88. The number of hydrogen-bond donors (Lipinski definition) is 2. The lowest BCUT2D eigenvalue weighted by molar-refractivity contribution is -0.135. The number of piperidine rings is 1. The summed E-state index contributed by atoms with van der Waals surface area (Å²) in [7, 11) is -3.84. The second-order valence-electron chi connectivity index (χ2n) is 8.58. The lowest BCUT2D eigenvalue weighted by Crippen LogP contribution is -2.47. The summed E-state index contributed by atoms with van der Waals surface area (Å²) in [5.41, 5.74) is 2.78. The molecule has 2 amide bonds. The van der Waals surface area contributed by atoms with Gasteiger partial charge in [-0.3, -0.25) is 14.3 Å². The fourth-order valence-electron chi connectivity index (χ4n) is 3.94. The molecular formula is C23H27N3O4S2. The summed E-state index contributed by atoms with van der Waals surface area (Å²) in [6.45, 7) is 7.28. The van der Waals surface area contributed by atoms with Gasteiger partial charge in [-0.1, -0.05) is 24.6 Å². The maximum Gasteiger partial charge on any atom is 0.261 e. The van der Waals surface area contributed by atoms with Crippen LogP contribution in [0.4, 0.5) is 11.4 Å².